The van der Waals surface area contributed by atoms with Crippen molar-refractivity contribution in [3.05, 3.63) is 64.0 Å². The SMILES string of the molecule is COc1c([C@H]2[C@H](C3=C(C4=CCN(C)CC4)C(O)C=C(C)N3)O[C@@](C)(C(F)(F)F)[C@H]2C)ccc(F)c1F. The lowest BCUT2D eigenvalue weighted by molar-refractivity contribution is -0.272. The Hall–Kier alpha value is -2.43. The molecule has 0 saturated carbocycles. The average molecular weight is 515 g/mol. The monoisotopic (exact) mass is 514 g/mol. The number of alkyl halides is 3. The first-order valence-electron chi connectivity index (χ1n) is 11.8. The van der Waals surface area contributed by atoms with Gasteiger partial charge in [-0.05, 0) is 45.0 Å². The number of ether oxygens (including phenoxy) is 2. The molecule has 0 aliphatic carbocycles. The molecular weight excluding hydrogens is 483 g/mol. The lowest BCUT2D eigenvalue weighted by atomic mass is 9.75. The molecule has 1 fully saturated rings. The van der Waals surface area contributed by atoms with Crippen LogP contribution in [0.2, 0.25) is 0 Å². The molecule has 3 aliphatic heterocycles. The number of aliphatic hydroxyl groups excluding tert-OH is 1. The highest BCUT2D eigenvalue weighted by molar-refractivity contribution is 5.50. The number of halogens is 5. The fourth-order valence-corrected chi connectivity index (χ4v) is 5.47. The number of methoxy groups -OCH3 is 1. The van der Waals surface area contributed by atoms with Gasteiger partial charge in [-0.2, -0.15) is 17.6 Å². The van der Waals surface area contributed by atoms with E-state index in [-0.39, 0.29) is 11.3 Å². The number of aliphatic hydroxyl groups is 1. The third kappa shape index (κ3) is 4.33. The van der Waals surface area contributed by atoms with Gasteiger partial charge in [0, 0.05) is 41.8 Å². The van der Waals surface area contributed by atoms with Gasteiger partial charge in [-0.1, -0.05) is 19.1 Å². The largest absolute Gasteiger partial charge is 0.493 e. The molecule has 10 heteroatoms. The molecule has 3 aliphatic rings. The first-order valence-corrected chi connectivity index (χ1v) is 11.8. The van der Waals surface area contributed by atoms with Crippen molar-refractivity contribution in [3.8, 4) is 5.75 Å². The van der Waals surface area contributed by atoms with Crippen LogP contribution in [-0.2, 0) is 4.74 Å². The summed E-state index contributed by atoms with van der Waals surface area (Å²) in [6, 6.07) is 2.12. The van der Waals surface area contributed by atoms with E-state index in [1.54, 1.807) is 13.0 Å². The molecular formula is C26H31F5N2O3. The summed E-state index contributed by atoms with van der Waals surface area (Å²) in [4.78, 5) is 2.08. The summed E-state index contributed by atoms with van der Waals surface area (Å²) in [5.41, 5.74) is -0.449. The Kier molecular flexibility index (Phi) is 7.00. The molecule has 0 radical (unpaired) electrons. The molecule has 1 unspecified atom stereocenters. The van der Waals surface area contributed by atoms with Crippen LogP contribution in [0.1, 0.15) is 38.7 Å². The summed E-state index contributed by atoms with van der Waals surface area (Å²) in [5.74, 6) is -5.17. The summed E-state index contributed by atoms with van der Waals surface area (Å²) in [6.07, 6.45) is -2.96. The molecule has 3 heterocycles. The number of rotatable bonds is 4. The maximum atomic E-state index is 14.7. The molecule has 1 aromatic carbocycles. The molecule has 2 N–H and O–H groups in total. The highest BCUT2D eigenvalue weighted by Gasteiger charge is 2.65. The van der Waals surface area contributed by atoms with Gasteiger partial charge in [0.2, 0.25) is 5.82 Å². The van der Waals surface area contributed by atoms with Gasteiger partial charge < -0.3 is 24.8 Å². The zero-order valence-electron chi connectivity index (χ0n) is 20.8. The number of nitrogens with one attached hydrogen (secondary N) is 1. The highest BCUT2D eigenvalue weighted by atomic mass is 19.4. The molecule has 1 saturated heterocycles. The van der Waals surface area contributed by atoms with E-state index in [0.717, 1.165) is 25.7 Å². The van der Waals surface area contributed by atoms with Crippen molar-refractivity contribution in [2.45, 2.75) is 57.1 Å². The second-order valence-corrected chi connectivity index (χ2v) is 9.93. The van der Waals surface area contributed by atoms with Crippen molar-refractivity contribution >= 4 is 0 Å². The van der Waals surface area contributed by atoms with Gasteiger partial charge in [0.25, 0.3) is 0 Å². The lowest BCUT2D eigenvalue weighted by Gasteiger charge is -2.35. The molecule has 5 atom stereocenters. The Bertz CT molecular complexity index is 1130. The van der Waals surface area contributed by atoms with Crippen LogP contribution in [0.5, 0.6) is 5.75 Å². The van der Waals surface area contributed by atoms with Crippen molar-refractivity contribution in [1.82, 2.24) is 10.2 Å². The predicted molar refractivity (Wildman–Crippen MR) is 124 cm³/mol. The van der Waals surface area contributed by atoms with Crippen LogP contribution in [0.3, 0.4) is 0 Å². The zero-order chi connectivity index (χ0) is 26.6. The molecule has 0 aromatic heterocycles. The van der Waals surface area contributed by atoms with E-state index >= 15 is 0 Å². The van der Waals surface area contributed by atoms with Crippen molar-refractivity contribution in [3.63, 3.8) is 0 Å². The number of hydrogen-bond acceptors (Lipinski definition) is 5. The van der Waals surface area contributed by atoms with Gasteiger partial charge in [0.1, 0.15) is 12.2 Å². The third-order valence-corrected chi connectivity index (χ3v) is 7.68. The first kappa shape index (κ1) is 26.6. The van der Waals surface area contributed by atoms with Crippen LogP contribution < -0.4 is 10.1 Å². The predicted octanol–water partition coefficient (Wildman–Crippen LogP) is 4.80. The Balaban J connectivity index is 1.95. The number of hydrogen-bond donors (Lipinski definition) is 2. The van der Waals surface area contributed by atoms with Gasteiger partial charge in [-0.25, -0.2) is 4.39 Å². The van der Waals surface area contributed by atoms with Gasteiger partial charge >= 0.3 is 6.18 Å². The van der Waals surface area contributed by atoms with Crippen LogP contribution in [0.25, 0.3) is 0 Å². The average Bonchev–Trinajstić information content (AvgIpc) is 3.07. The minimum absolute atomic E-state index is 0.0644. The summed E-state index contributed by atoms with van der Waals surface area (Å²) in [7, 11) is 3.09. The molecule has 1 aromatic rings. The molecule has 0 amide bonds. The summed E-state index contributed by atoms with van der Waals surface area (Å²) >= 11 is 0. The summed E-state index contributed by atoms with van der Waals surface area (Å²) < 4.78 is 82.9. The number of benzene rings is 1. The molecule has 5 nitrogen and oxygen atoms in total. The summed E-state index contributed by atoms with van der Waals surface area (Å²) in [5, 5.41) is 14.2. The van der Waals surface area contributed by atoms with E-state index in [9.17, 15) is 27.1 Å². The first-order chi connectivity index (χ1) is 16.8. The fraction of sp³-hybridized carbons (Fsp3) is 0.538. The molecule has 36 heavy (non-hydrogen) atoms. The highest BCUT2D eigenvalue weighted by Crippen LogP contribution is 2.56. The number of likely N-dealkylation sites (N-methyl/N-ethyl adjacent to an activating group) is 1. The Morgan fingerprint density at radius 1 is 1.25 bits per heavy atom. The maximum absolute atomic E-state index is 14.7. The van der Waals surface area contributed by atoms with Gasteiger partial charge in [-0.3, -0.25) is 0 Å². The maximum Gasteiger partial charge on any atom is 0.417 e. The zero-order valence-corrected chi connectivity index (χ0v) is 20.8. The minimum Gasteiger partial charge on any atom is -0.493 e. The Labute approximate surface area is 207 Å². The fourth-order valence-electron chi connectivity index (χ4n) is 5.47. The van der Waals surface area contributed by atoms with Crippen LogP contribution in [-0.4, -0.2) is 61.2 Å². The number of nitrogens with zero attached hydrogens (tertiary/aromatic N) is 1. The van der Waals surface area contributed by atoms with E-state index in [2.05, 4.69) is 10.2 Å². The second-order valence-electron chi connectivity index (χ2n) is 9.93. The lowest BCUT2D eigenvalue weighted by Crippen LogP contribution is -2.47. The van der Waals surface area contributed by atoms with E-state index in [1.807, 2.05) is 13.1 Å². The van der Waals surface area contributed by atoms with Gasteiger partial charge in [-0.15, -0.1) is 0 Å². The van der Waals surface area contributed by atoms with E-state index < -0.39 is 53.2 Å². The standard InChI is InChI=1S/C26H31F5N2O3/c1-13-12-18(34)20(15-8-10-33(4)11-9-15)22(32-13)24-19(14(2)25(3,36-24)26(29,30)31)16-6-7-17(27)21(28)23(16)35-5/h6-8,12,14,18-19,24,32,34H,9-11H2,1-5H3/t14-,18?,19-,24+,25+/m0/s1. The van der Waals surface area contributed by atoms with Crippen LogP contribution in [0, 0.1) is 17.6 Å². The quantitative estimate of drug-likeness (QED) is 0.566. The molecule has 4 rings (SSSR count). The van der Waals surface area contributed by atoms with Gasteiger partial charge in [0.05, 0.1) is 12.8 Å². The van der Waals surface area contributed by atoms with Crippen molar-refractivity contribution < 1.29 is 36.5 Å². The number of allylic oxidation sites excluding steroid dienone is 1. The van der Waals surface area contributed by atoms with Crippen LogP contribution >= 0.6 is 0 Å². The normalized spacial score (nSPS) is 31.8. The third-order valence-electron chi connectivity index (χ3n) is 7.68. The van der Waals surface area contributed by atoms with Crippen molar-refractivity contribution in [2.24, 2.45) is 5.92 Å². The molecule has 198 valence electrons. The topological polar surface area (TPSA) is 54.0 Å². The second kappa shape index (κ2) is 9.46. The van der Waals surface area contributed by atoms with Crippen molar-refractivity contribution in [1.29, 1.82) is 0 Å². The summed E-state index contributed by atoms with van der Waals surface area (Å²) in [6.45, 7) is 5.37. The molecule has 0 spiro atoms. The van der Waals surface area contributed by atoms with Crippen molar-refractivity contribution in [2.75, 3.05) is 27.2 Å². The Morgan fingerprint density at radius 3 is 2.53 bits per heavy atom. The van der Waals surface area contributed by atoms with Crippen LogP contribution in [0.4, 0.5) is 22.0 Å². The smallest absolute Gasteiger partial charge is 0.417 e. The number of dihydropyridines is 1. The van der Waals surface area contributed by atoms with Crippen LogP contribution in [0.15, 0.2) is 46.8 Å². The van der Waals surface area contributed by atoms with Gasteiger partial charge in [0.15, 0.2) is 17.2 Å². The van der Waals surface area contributed by atoms with E-state index in [0.29, 0.717) is 30.8 Å². The Morgan fingerprint density at radius 2 is 1.94 bits per heavy atom. The van der Waals surface area contributed by atoms with E-state index in [4.69, 9.17) is 9.47 Å². The minimum atomic E-state index is -4.75. The van der Waals surface area contributed by atoms with E-state index in [1.165, 1.54) is 13.0 Å². The molecule has 0 bridgehead atoms.